The van der Waals surface area contributed by atoms with E-state index in [9.17, 15) is 5.11 Å². The van der Waals surface area contributed by atoms with Gasteiger partial charge in [0.05, 0.1) is 6.54 Å². The van der Waals surface area contributed by atoms with Crippen LogP contribution in [0.15, 0.2) is 33.2 Å². The molecular formula is C16H22ClN5OS. The van der Waals surface area contributed by atoms with E-state index < -0.39 is 0 Å². The molecule has 130 valence electrons. The molecule has 3 N–H and O–H groups in total. The van der Waals surface area contributed by atoms with Crippen LogP contribution in [-0.2, 0) is 0 Å². The van der Waals surface area contributed by atoms with Crippen LogP contribution in [0.1, 0.15) is 19.8 Å². The fourth-order valence-electron chi connectivity index (χ4n) is 2.94. The molecule has 2 heterocycles. The fourth-order valence-corrected chi connectivity index (χ4v) is 3.98. The molecule has 0 aromatic heterocycles. The molecule has 2 aliphatic rings. The molecule has 0 unspecified atom stereocenters. The number of piperidine rings is 1. The average Bonchev–Trinajstić information content (AvgIpc) is 2.94. The highest BCUT2D eigenvalue weighted by molar-refractivity contribution is 7.98. The summed E-state index contributed by atoms with van der Waals surface area (Å²) in [4.78, 5) is 5.35. The van der Waals surface area contributed by atoms with Gasteiger partial charge in [-0.15, -0.1) is 0 Å². The number of rotatable bonds is 3. The Morgan fingerprint density at radius 1 is 1.46 bits per heavy atom. The van der Waals surface area contributed by atoms with Crippen molar-refractivity contribution in [3.8, 4) is 5.75 Å². The minimum atomic E-state index is 0.147. The topological polar surface area (TPSA) is 72.2 Å². The second-order valence-electron chi connectivity index (χ2n) is 6.06. The van der Waals surface area contributed by atoms with E-state index in [2.05, 4.69) is 26.3 Å². The third-order valence-electron chi connectivity index (χ3n) is 4.20. The highest BCUT2D eigenvalue weighted by Gasteiger charge is 2.37. The first kappa shape index (κ1) is 17.4. The number of halogens is 1. The van der Waals surface area contributed by atoms with Crippen molar-refractivity contribution in [2.24, 2.45) is 15.5 Å². The normalized spacial score (nSPS) is 19.9. The van der Waals surface area contributed by atoms with Gasteiger partial charge in [0.15, 0.2) is 0 Å². The number of phenols is 1. The summed E-state index contributed by atoms with van der Waals surface area (Å²) < 4.78 is 3.25. The Hall–Kier alpha value is -1.44. The molecular weight excluding hydrogens is 346 g/mol. The second kappa shape index (κ2) is 7.63. The number of hydrogen-bond acceptors (Lipinski definition) is 5. The number of guanidine groups is 1. The zero-order valence-corrected chi connectivity index (χ0v) is 15.2. The van der Waals surface area contributed by atoms with Crippen molar-refractivity contribution in [1.82, 2.24) is 15.0 Å². The molecule has 1 aromatic rings. The van der Waals surface area contributed by atoms with Crippen LogP contribution in [0, 0.1) is 5.41 Å². The summed E-state index contributed by atoms with van der Waals surface area (Å²) in [5, 5.41) is 20.1. The van der Waals surface area contributed by atoms with Gasteiger partial charge in [0, 0.05) is 28.1 Å². The third-order valence-corrected chi connectivity index (χ3v) is 5.18. The van der Waals surface area contributed by atoms with Crippen molar-refractivity contribution in [2.45, 2.75) is 24.7 Å². The standard InChI is InChI=1S/C16H22ClN5OS/c1-2-19-15(21-24-14-8-12(17)7-13(23)9-14)22-11-16(10-20-22)3-5-18-6-4-16/h7-10,18,23H,2-6,11H2,1H3,(H,19,21). The van der Waals surface area contributed by atoms with E-state index in [1.54, 1.807) is 12.1 Å². The number of hydrazone groups is 1. The van der Waals surface area contributed by atoms with Gasteiger partial charge in [-0.3, -0.25) is 9.71 Å². The van der Waals surface area contributed by atoms with Gasteiger partial charge in [0.2, 0.25) is 5.96 Å². The van der Waals surface area contributed by atoms with E-state index in [0.717, 1.165) is 43.3 Å². The van der Waals surface area contributed by atoms with Crippen LogP contribution in [0.4, 0.5) is 0 Å². The molecule has 1 saturated heterocycles. The predicted molar refractivity (Wildman–Crippen MR) is 99.8 cm³/mol. The average molecular weight is 368 g/mol. The maximum Gasteiger partial charge on any atom is 0.225 e. The molecule has 0 radical (unpaired) electrons. The van der Waals surface area contributed by atoms with Crippen molar-refractivity contribution in [2.75, 3.05) is 26.2 Å². The molecule has 0 atom stereocenters. The number of benzene rings is 1. The van der Waals surface area contributed by atoms with Crippen LogP contribution >= 0.6 is 23.5 Å². The molecule has 8 heteroatoms. The number of nitrogens with one attached hydrogen (secondary N) is 2. The molecule has 0 aliphatic carbocycles. The van der Waals surface area contributed by atoms with Crippen molar-refractivity contribution < 1.29 is 5.11 Å². The number of aromatic hydroxyl groups is 1. The first-order chi connectivity index (χ1) is 11.6. The predicted octanol–water partition coefficient (Wildman–Crippen LogP) is 2.69. The van der Waals surface area contributed by atoms with Gasteiger partial charge in [-0.1, -0.05) is 11.6 Å². The number of hydrogen-bond donors (Lipinski definition) is 3. The Labute approximate surface area is 151 Å². The summed E-state index contributed by atoms with van der Waals surface area (Å²) in [6.07, 6.45) is 4.28. The van der Waals surface area contributed by atoms with Crippen molar-refractivity contribution in [3.63, 3.8) is 0 Å². The largest absolute Gasteiger partial charge is 0.508 e. The van der Waals surface area contributed by atoms with Crippen molar-refractivity contribution in [3.05, 3.63) is 23.2 Å². The molecule has 0 saturated carbocycles. The monoisotopic (exact) mass is 367 g/mol. The SMILES string of the molecule is CCN=C(NSc1cc(O)cc(Cl)c1)N1CC2(C=N1)CCNCC2. The molecule has 2 aliphatic heterocycles. The van der Waals surface area contributed by atoms with E-state index >= 15 is 0 Å². The summed E-state index contributed by atoms with van der Waals surface area (Å²) in [5.74, 6) is 0.877. The molecule has 0 amide bonds. The van der Waals surface area contributed by atoms with Crippen molar-refractivity contribution in [1.29, 1.82) is 0 Å². The molecule has 6 nitrogen and oxygen atoms in total. The van der Waals surface area contributed by atoms with E-state index in [0.29, 0.717) is 11.6 Å². The maximum absolute atomic E-state index is 9.64. The molecule has 3 rings (SSSR count). The summed E-state index contributed by atoms with van der Waals surface area (Å²) in [6.45, 7) is 5.58. The number of aliphatic imine (C=N–C) groups is 1. The highest BCUT2D eigenvalue weighted by Crippen LogP contribution is 2.32. The number of phenolic OH excluding ortho intramolecular Hbond substituents is 1. The summed E-state index contributed by atoms with van der Waals surface area (Å²) in [6, 6.07) is 4.97. The lowest BCUT2D eigenvalue weighted by Crippen LogP contribution is -2.43. The minimum Gasteiger partial charge on any atom is -0.508 e. The second-order valence-corrected chi connectivity index (χ2v) is 7.38. The molecule has 24 heavy (non-hydrogen) atoms. The lowest BCUT2D eigenvalue weighted by atomic mass is 9.81. The summed E-state index contributed by atoms with van der Waals surface area (Å²) >= 11 is 7.35. The molecule has 0 bridgehead atoms. The zero-order valence-electron chi connectivity index (χ0n) is 13.6. The zero-order chi connectivity index (χ0) is 17.0. The van der Waals surface area contributed by atoms with Crippen LogP contribution < -0.4 is 10.0 Å². The first-order valence-corrected chi connectivity index (χ1v) is 9.30. The van der Waals surface area contributed by atoms with Crippen LogP contribution in [-0.4, -0.2) is 48.5 Å². The van der Waals surface area contributed by atoms with Crippen molar-refractivity contribution >= 4 is 35.7 Å². The Morgan fingerprint density at radius 3 is 2.96 bits per heavy atom. The molecule has 1 fully saturated rings. The van der Waals surface area contributed by atoms with Gasteiger partial charge in [0.25, 0.3) is 0 Å². The third kappa shape index (κ3) is 4.15. The van der Waals surface area contributed by atoms with E-state index in [1.807, 2.05) is 11.9 Å². The smallest absolute Gasteiger partial charge is 0.225 e. The lowest BCUT2D eigenvalue weighted by molar-refractivity contribution is 0.265. The fraction of sp³-hybridized carbons (Fsp3) is 0.500. The summed E-state index contributed by atoms with van der Waals surface area (Å²) in [5.41, 5.74) is 0.153. The highest BCUT2D eigenvalue weighted by atomic mass is 35.5. The Bertz CT molecular complexity index is 625. The Kier molecular flexibility index (Phi) is 5.53. The Balaban J connectivity index is 1.65. The molecule has 1 spiro atoms. The van der Waals surface area contributed by atoms with Gasteiger partial charge < -0.3 is 10.4 Å². The quantitative estimate of drug-likeness (QED) is 0.435. The minimum absolute atomic E-state index is 0.147. The van der Waals surface area contributed by atoms with Crippen LogP contribution in [0.3, 0.4) is 0 Å². The van der Waals surface area contributed by atoms with Crippen LogP contribution in [0.2, 0.25) is 5.02 Å². The van der Waals surface area contributed by atoms with E-state index in [-0.39, 0.29) is 11.2 Å². The van der Waals surface area contributed by atoms with Gasteiger partial charge in [0.1, 0.15) is 5.75 Å². The van der Waals surface area contributed by atoms with Crippen LogP contribution in [0.25, 0.3) is 0 Å². The lowest BCUT2D eigenvalue weighted by Gasteiger charge is -2.32. The maximum atomic E-state index is 9.64. The molecule has 1 aromatic carbocycles. The summed E-state index contributed by atoms with van der Waals surface area (Å²) in [7, 11) is 0. The van der Waals surface area contributed by atoms with Gasteiger partial charge in [-0.05, 0) is 63.0 Å². The van der Waals surface area contributed by atoms with Crippen LogP contribution in [0.5, 0.6) is 5.75 Å². The van der Waals surface area contributed by atoms with E-state index in [1.165, 1.54) is 18.0 Å². The number of nitrogens with zero attached hydrogens (tertiary/aromatic N) is 3. The van der Waals surface area contributed by atoms with Gasteiger partial charge >= 0.3 is 0 Å². The van der Waals surface area contributed by atoms with Gasteiger partial charge in [-0.25, -0.2) is 5.01 Å². The first-order valence-electron chi connectivity index (χ1n) is 8.10. The van der Waals surface area contributed by atoms with Gasteiger partial charge in [-0.2, -0.15) is 5.10 Å². The Morgan fingerprint density at radius 2 is 2.25 bits per heavy atom. The van der Waals surface area contributed by atoms with E-state index in [4.69, 9.17) is 11.6 Å².